The van der Waals surface area contributed by atoms with Gasteiger partial charge in [0.05, 0.1) is 12.0 Å². The molecule has 0 saturated heterocycles. The Morgan fingerprint density at radius 1 is 1.04 bits per heavy atom. The van der Waals surface area contributed by atoms with Crippen LogP contribution < -0.4 is 10.4 Å². The summed E-state index contributed by atoms with van der Waals surface area (Å²) in [7, 11) is 0. The van der Waals surface area contributed by atoms with E-state index < -0.39 is 0 Å². The Labute approximate surface area is 141 Å². The topological polar surface area (TPSA) is 39.4 Å². The molecule has 0 spiro atoms. The van der Waals surface area contributed by atoms with Crippen molar-refractivity contribution in [3.8, 4) is 16.9 Å². The lowest BCUT2D eigenvalue weighted by molar-refractivity contribution is 0.340. The van der Waals surface area contributed by atoms with Crippen LogP contribution in [0.1, 0.15) is 30.5 Å². The lowest BCUT2D eigenvalue weighted by Gasteiger charge is -2.18. The van der Waals surface area contributed by atoms with Crippen molar-refractivity contribution in [2.45, 2.75) is 34.1 Å². The minimum absolute atomic E-state index is 0.286. The average Bonchev–Trinajstić information content (AvgIpc) is 2.60. The zero-order valence-electron chi connectivity index (χ0n) is 14.6. The molecule has 24 heavy (non-hydrogen) atoms. The van der Waals surface area contributed by atoms with Gasteiger partial charge in [0.1, 0.15) is 11.3 Å². The molecule has 0 fully saturated rings. The summed E-state index contributed by atoms with van der Waals surface area (Å²) < 4.78 is 11.6. The van der Waals surface area contributed by atoms with Crippen molar-refractivity contribution in [3.05, 3.63) is 63.5 Å². The normalized spacial score (nSPS) is 11.0. The second kappa shape index (κ2) is 6.52. The number of fused-ring (bicyclic) bond motifs is 1. The van der Waals surface area contributed by atoms with Gasteiger partial charge in [-0.05, 0) is 49.9 Å². The summed E-state index contributed by atoms with van der Waals surface area (Å²) in [6.07, 6.45) is 0.840. The molecule has 0 aliphatic carbocycles. The van der Waals surface area contributed by atoms with Crippen LogP contribution in [0, 0.1) is 13.8 Å². The second-order valence-electron chi connectivity index (χ2n) is 5.90. The van der Waals surface area contributed by atoms with E-state index in [4.69, 9.17) is 9.15 Å². The molecule has 1 heterocycles. The largest absolute Gasteiger partial charge is 0.493 e. The monoisotopic (exact) mass is 322 g/mol. The molecule has 0 N–H and O–H groups in total. The Morgan fingerprint density at radius 3 is 2.38 bits per heavy atom. The standard InChI is InChI=1S/C21H22O3/c1-5-16-17(15-10-8-7-9-11-15)12-18-19(20(16)23-6-2)13(3)14(4)21(22)24-18/h7-12H,5-6H2,1-4H3. The fourth-order valence-electron chi connectivity index (χ4n) is 3.16. The number of rotatable bonds is 4. The van der Waals surface area contributed by atoms with Gasteiger partial charge in [-0.25, -0.2) is 4.79 Å². The van der Waals surface area contributed by atoms with Crippen LogP contribution in [-0.2, 0) is 6.42 Å². The highest BCUT2D eigenvalue weighted by Crippen LogP contribution is 2.39. The van der Waals surface area contributed by atoms with Gasteiger partial charge >= 0.3 is 5.63 Å². The zero-order valence-corrected chi connectivity index (χ0v) is 14.6. The van der Waals surface area contributed by atoms with Gasteiger partial charge in [-0.2, -0.15) is 0 Å². The Kier molecular flexibility index (Phi) is 4.43. The summed E-state index contributed by atoms with van der Waals surface area (Å²) in [6.45, 7) is 8.42. The number of hydrogen-bond acceptors (Lipinski definition) is 3. The Morgan fingerprint density at radius 2 is 1.75 bits per heavy atom. The molecule has 2 aromatic carbocycles. The molecule has 0 saturated carbocycles. The van der Waals surface area contributed by atoms with Gasteiger partial charge in [-0.15, -0.1) is 0 Å². The van der Waals surface area contributed by atoms with Crippen LogP contribution in [0.2, 0.25) is 0 Å². The first-order chi connectivity index (χ1) is 11.6. The van der Waals surface area contributed by atoms with Crippen LogP contribution in [0.25, 0.3) is 22.1 Å². The highest BCUT2D eigenvalue weighted by molar-refractivity contribution is 5.94. The summed E-state index contributed by atoms with van der Waals surface area (Å²) >= 11 is 0. The number of hydrogen-bond donors (Lipinski definition) is 0. The molecule has 0 aliphatic rings. The molecule has 0 unspecified atom stereocenters. The molecule has 0 radical (unpaired) electrons. The Bertz CT molecular complexity index is 937. The fraction of sp³-hybridized carbons (Fsp3) is 0.286. The van der Waals surface area contributed by atoms with Crippen molar-refractivity contribution in [3.63, 3.8) is 0 Å². The summed E-state index contributed by atoms with van der Waals surface area (Å²) in [4.78, 5) is 12.1. The first kappa shape index (κ1) is 16.3. The van der Waals surface area contributed by atoms with Crippen LogP contribution in [0.4, 0.5) is 0 Å². The maximum atomic E-state index is 12.1. The molecule has 0 atom stereocenters. The first-order valence-electron chi connectivity index (χ1n) is 8.36. The summed E-state index contributed by atoms with van der Waals surface area (Å²) in [6, 6.07) is 12.1. The minimum atomic E-state index is -0.286. The van der Waals surface area contributed by atoms with Crippen molar-refractivity contribution in [2.24, 2.45) is 0 Å². The quantitative estimate of drug-likeness (QED) is 0.632. The molecular weight excluding hydrogens is 300 g/mol. The minimum Gasteiger partial charge on any atom is -0.493 e. The molecule has 1 aromatic heterocycles. The zero-order chi connectivity index (χ0) is 17.3. The predicted molar refractivity (Wildman–Crippen MR) is 97.9 cm³/mol. The van der Waals surface area contributed by atoms with E-state index in [1.165, 1.54) is 0 Å². The van der Waals surface area contributed by atoms with E-state index in [1.807, 2.05) is 38.1 Å². The molecule has 3 rings (SSSR count). The van der Waals surface area contributed by atoms with Crippen molar-refractivity contribution >= 4 is 11.0 Å². The van der Waals surface area contributed by atoms with Crippen LogP contribution in [0.5, 0.6) is 5.75 Å². The summed E-state index contributed by atoms with van der Waals surface area (Å²) in [5, 5.41) is 0.908. The van der Waals surface area contributed by atoms with Gasteiger partial charge in [-0.1, -0.05) is 37.3 Å². The third-order valence-electron chi connectivity index (χ3n) is 4.52. The van der Waals surface area contributed by atoms with Gasteiger partial charge in [0, 0.05) is 11.1 Å². The van der Waals surface area contributed by atoms with Gasteiger partial charge < -0.3 is 9.15 Å². The molecule has 3 nitrogen and oxygen atoms in total. The first-order valence-corrected chi connectivity index (χ1v) is 8.36. The molecular formula is C21H22O3. The molecule has 3 aromatic rings. The lowest BCUT2D eigenvalue weighted by Crippen LogP contribution is -2.08. The highest BCUT2D eigenvalue weighted by Gasteiger charge is 2.19. The Balaban J connectivity index is 2.47. The van der Waals surface area contributed by atoms with Gasteiger partial charge in [-0.3, -0.25) is 0 Å². The van der Waals surface area contributed by atoms with Crippen LogP contribution >= 0.6 is 0 Å². The van der Waals surface area contributed by atoms with E-state index in [9.17, 15) is 4.79 Å². The molecule has 124 valence electrons. The second-order valence-corrected chi connectivity index (χ2v) is 5.90. The number of benzene rings is 2. The smallest absolute Gasteiger partial charge is 0.339 e. The summed E-state index contributed by atoms with van der Waals surface area (Å²) in [5.41, 5.74) is 5.16. The van der Waals surface area contributed by atoms with Crippen molar-refractivity contribution in [1.29, 1.82) is 0 Å². The van der Waals surface area contributed by atoms with Gasteiger partial charge in [0.25, 0.3) is 0 Å². The highest BCUT2D eigenvalue weighted by atomic mass is 16.5. The van der Waals surface area contributed by atoms with E-state index in [-0.39, 0.29) is 5.63 Å². The van der Waals surface area contributed by atoms with E-state index >= 15 is 0 Å². The van der Waals surface area contributed by atoms with Crippen molar-refractivity contribution < 1.29 is 9.15 Å². The van der Waals surface area contributed by atoms with Crippen LogP contribution in [-0.4, -0.2) is 6.61 Å². The molecule has 3 heteroatoms. The van der Waals surface area contributed by atoms with Gasteiger partial charge in [0.2, 0.25) is 0 Å². The maximum Gasteiger partial charge on any atom is 0.339 e. The predicted octanol–water partition coefficient (Wildman–Crippen LogP) is 5.04. The Hall–Kier alpha value is -2.55. The van der Waals surface area contributed by atoms with E-state index in [0.29, 0.717) is 17.8 Å². The summed E-state index contributed by atoms with van der Waals surface area (Å²) in [5.74, 6) is 0.834. The van der Waals surface area contributed by atoms with E-state index in [1.54, 1.807) is 6.92 Å². The van der Waals surface area contributed by atoms with E-state index in [2.05, 4.69) is 19.1 Å². The lowest BCUT2D eigenvalue weighted by atomic mass is 9.93. The van der Waals surface area contributed by atoms with Crippen LogP contribution in [0.3, 0.4) is 0 Å². The molecule has 0 amide bonds. The SMILES string of the molecule is CCOc1c(CC)c(-c2ccccc2)cc2oc(=O)c(C)c(C)c12. The number of ether oxygens (including phenoxy) is 1. The van der Waals surface area contributed by atoms with Crippen LogP contribution in [0.15, 0.2) is 45.6 Å². The van der Waals surface area contributed by atoms with Crippen molar-refractivity contribution in [2.75, 3.05) is 6.61 Å². The molecule has 0 aliphatic heterocycles. The average molecular weight is 322 g/mol. The van der Waals surface area contributed by atoms with E-state index in [0.717, 1.165) is 39.8 Å². The fourth-order valence-corrected chi connectivity index (χ4v) is 3.16. The maximum absolute atomic E-state index is 12.1. The third kappa shape index (κ3) is 2.60. The van der Waals surface area contributed by atoms with Crippen molar-refractivity contribution in [1.82, 2.24) is 0 Å². The number of aryl methyl sites for hydroxylation is 1. The van der Waals surface area contributed by atoms with Gasteiger partial charge in [0.15, 0.2) is 0 Å². The molecule has 0 bridgehead atoms. The third-order valence-corrected chi connectivity index (χ3v) is 4.52.